The van der Waals surface area contributed by atoms with E-state index in [9.17, 15) is 4.79 Å². The smallest absolute Gasteiger partial charge is 0.185 e. The average molecular weight is 274 g/mol. The van der Waals surface area contributed by atoms with Crippen molar-refractivity contribution in [2.24, 2.45) is 0 Å². The standard InChI is InChI=1S/C11H9Cl2NOS/c1-8(15)16-5-3-2-4-9-6-10(12)11(13)14-7-9/h6-7H,3,5H2,1H3. The number of carbonyl (C=O) groups excluding carboxylic acids is 1. The van der Waals surface area contributed by atoms with Crippen molar-refractivity contribution in [3.63, 3.8) is 0 Å². The lowest BCUT2D eigenvalue weighted by Crippen LogP contribution is -1.84. The molecule has 0 saturated carbocycles. The molecule has 0 bridgehead atoms. The lowest BCUT2D eigenvalue weighted by molar-refractivity contribution is -0.109. The molecule has 0 aliphatic heterocycles. The molecule has 1 heterocycles. The molecule has 1 aromatic heterocycles. The molecule has 2 nitrogen and oxygen atoms in total. The van der Waals surface area contributed by atoms with E-state index in [0.717, 1.165) is 5.56 Å². The van der Waals surface area contributed by atoms with Crippen molar-refractivity contribution in [2.75, 3.05) is 5.75 Å². The Hall–Kier alpha value is -0.690. The van der Waals surface area contributed by atoms with Crippen molar-refractivity contribution in [1.82, 2.24) is 4.98 Å². The Morgan fingerprint density at radius 3 is 2.94 bits per heavy atom. The first-order valence-corrected chi connectivity index (χ1v) is 6.27. The lowest BCUT2D eigenvalue weighted by Gasteiger charge is -1.94. The molecule has 0 fully saturated rings. The summed E-state index contributed by atoms with van der Waals surface area (Å²) >= 11 is 12.7. The lowest BCUT2D eigenvalue weighted by atomic mass is 10.3. The zero-order valence-corrected chi connectivity index (χ0v) is 10.9. The maximum atomic E-state index is 10.6. The molecule has 0 aliphatic carbocycles. The highest BCUT2D eigenvalue weighted by molar-refractivity contribution is 8.13. The molecule has 1 aromatic rings. The van der Waals surface area contributed by atoms with Crippen molar-refractivity contribution in [3.05, 3.63) is 28.0 Å². The van der Waals surface area contributed by atoms with E-state index < -0.39 is 0 Å². The van der Waals surface area contributed by atoms with Gasteiger partial charge in [-0.25, -0.2) is 4.98 Å². The van der Waals surface area contributed by atoms with Gasteiger partial charge in [0.2, 0.25) is 0 Å². The summed E-state index contributed by atoms with van der Waals surface area (Å²) in [6, 6.07) is 1.67. The Morgan fingerprint density at radius 1 is 1.56 bits per heavy atom. The van der Waals surface area contributed by atoms with Gasteiger partial charge in [0.25, 0.3) is 0 Å². The average Bonchev–Trinajstić information content (AvgIpc) is 2.22. The number of thioether (sulfide) groups is 1. The number of hydrogen-bond acceptors (Lipinski definition) is 3. The molecule has 0 amide bonds. The number of halogens is 2. The number of aromatic nitrogens is 1. The second-order valence-corrected chi connectivity index (χ2v) is 4.93. The quantitative estimate of drug-likeness (QED) is 0.470. The van der Waals surface area contributed by atoms with Gasteiger partial charge in [0.15, 0.2) is 5.12 Å². The molecule has 0 unspecified atom stereocenters. The zero-order chi connectivity index (χ0) is 12.0. The summed E-state index contributed by atoms with van der Waals surface area (Å²) in [4.78, 5) is 14.5. The maximum absolute atomic E-state index is 10.6. The first kappa shape index (κ1) is 13.4. The first-order valence-electron chi connectivity index (χ1n) is 4.53. The third-order valence-corrected chi connectivity index (χ3v) is 3.06. The Morgan fingerprint density at radius 2 is 2.31 bits per heavy atom. The molecular weight excluding hydrogens is 265 g/mol. The Kier molecular flexibility index (Phi) is 5.68. The van der Waals surface area contributed by atoms with E-state index in [0.29, 0.717) is 17.2 Å². The second kappa shape index (κ2) is 6.80. The van der Waals surface area contributed by atoms with Crippen LogP contribution in [0, 0.1) is 11.8 Å². The van der Waals surface area contributed by atoms with E-state index in [1.54, 1.807) is 19.2 Å². The topological polar surface area (TPSA) is 30.0 Å². The predicted molar refractivity (Wildman–Crippen MR) is 68.9 cm³/mol. The highest BCUT2D eigenvalue weighted by Gasteiger charge is 1.98. The minimum atomic E-state index is 0.109. The minimum Gasteiger partial charge on any atom is -0.288 e. The SMILES string of the molecule is CC(=O)SCCC#Cc1cnc(Cl)c(Cl)c1. The summed E-state index contributed by atoms with van der Waals surface area (Å²) < 4.78 is 0. The largest absolute Gasteiger partial charge is 0.288 e. The van der Waals surface area contributed by atoms with Gasteiger partial charge >= 0.3 is 0 Å². The van der Waals surface area contributed by atoms with Gasteiger partial charge in [0.1, 0.15) is 5.15 Å². The van der Waals surface area contributed by atoms with E-state index >= 15 is 0 Å². The summed E-state index contributed by atoms with van der Waals surface area (Å²) in [5.41, 5.74) is 0.724. The summed E-state index contributed by atoms with van der Waals surface area (Å²) in [7, 11) is 0. The van der Waals surface area contributed by atoms with Crippen molar-refractivity contribution in [3.8, 4) is 11.8 Å². The second-order valence-electron chi connectivity index (χ2n) is 2.89. The third kappa shape index (κ3) is 4.89. The van der Waals surface area contributed by atoms with Gasteiger partial charge in [0.05, 0.1) is 5.02 Å². The van der Waals surface area contributed by atoms with E-state index in [1.165, 1.54) is 11.8 Å². The molecule has 0 aliphatic rings. The fourth-order valence-corrected chi connectivity index (χ4v) is 1.66. The summed E-state index contributed by atoms with van der Waals surface area (Å²) in [5.74, 6) is 6.55. The molecule has 1 rings (SSSR count). The maximum Gasteiger partial charge on any atom is 0.185 e. The molecule has 84 valence electrons. The number of hydrogen-bond donors (Lipinski definition) is 0. The van der Waals surface area contributed by atoms with Crippen LogP contribution in [0.4, 0.5) is 0 Å². The molecule has 0 atom stereocenters. The van der Waals surface area contributed by atoms with Gasteiger partial charge in [-0.3, -0.25) is 4.79 Å². The monoisotopic (exact) mass is 273 g/mol. The van der Waals surface area contributed by atoms with Crippen LogP contribution in [-0.4, -0.2) is 15.9 Å². The summed E-state index contributed by atoms with van der Waals surface area (Å²) in [5, 5.41) is 0.781. The highest BCUT2D eigenvalue weighted by Crippen LogP contribution is 2.19. The number of carbonyl (C=O) groups is 1. The summed E-state index contributed by atoms with van der Waals surface area (Å²) in [6.45, 7) is 1.54. The van der Waals surface area contributed by atoms with Crippen LogP contribution in [0.25, 0.3) is 0 Å². The Bertz CT molecular complexity index is 451. The van der Waals surface area contributed by atoms with E-state index in [4.69, 9.17) is 23.2 Å². The molecule has 5 heteroatoms. The number of nitrogens with zero attached hydrogens (tertiary/aromatic N) is 1. The molecular formula is C11H9Cl2NOS. The predicted octanol–water partition coefficient (Wildman–Crippen LogP) is 3.41. The molecule has 0 radical (unpaired) electrons. The highest BCUT2D eigenvalue weighted by atomic mass is 35.5. The van der Waals surface area contributed by atoms with Gasteiger partial charge in [-0.15, -0.1) is 0 Å². The fraction of sp³-hybridized carbons (Fsp3) is 0.273. The van der Waals surface area contributed by atoms with Crippen LogP contribution in [-0.2, 0) is 4.79 Å². The van der Waals surface area contributed by atoms with Crippen LogP contribution in [0.2, 0.25) is 10.2 Å². The molecule has 0 spiro atoms. The van der Waals surface area contributed by atoms with Crippen molar-refractivity contribution in [2.45, 2.75) is 13.3 Å². The van der Waals surface area contributed by atoms with Crippen molar-refractivity contribution >= 4 is 40.1 Å². The fourth-order valence-electron chi connectivity index (χ4n) is 0.900. The van der Waals surface area contributed by atoms with E-state index in [1.807, 2.05) is 0 Å². The zero-order valence-electron chi connectivity index (χ0n) is 8.59. The van der Waals surface area contributed by atoms with Crippen LogP contribution in [0.15, 0.2) is 12.3 Å². The van der Waals surface area contributed by atoms with Crippen LogP contribution >= 0.6 is 35.0 Å². The minimum absolute atomic E-state index is 0.109. The van der Waals surface area contributed by atoms with Gasteiger partial charge in [0, 0.05) is 30.9 Å². The Balaban J connectivity index is 2.50. The van der Waals surface area contributed by atoms with Crippen LogP contribution in [0.5, 0.6) is 0 Å². The summed E-state index contributed by atoms with van der Waals surface area (Å²) in [6.07, 6.45) is 2.23. The number of rotatable bonds is 2. The number of pyridine rings is 1. The van der Waals surface area contributed by atoms with E-state index in [-0.39, 0.29) is 10.3 Å². The molecule has 0 N–H and O–H groups in total. The normalized spacial score (nSPS) is 9.44. The van der Waals surface area contributed by atoms with Gasteiger partial charge in [-0.2, -0.15) is 0 Å². The Labute approximate surface area is 109 Å². The van der Waals surface area contributed by atoms with Crippen LogP contribution in [0.1, 0.15) is 18.9 Å². The van der Waals surface area contributed by atoms with Gasteiger partial charge in [-0.1, -0.05) is 46.8 Å². The van der Waals surface area contributed by atoms with Crippen LogP contribution in [0.3, 0.4) is 0 Å². The van der Waals surface area contributed by atoms with Crippen molar-refractivity contribution < 1.29 is 4.79 Å². The van der Waals surface area contributed by atoms with Gasteiger partial charge < -0.3 is 0 Å². The third-order valence-electron chi connectivity index (χ3n) is 1.56. The van der Waals surface area contributed by atoms with Gasteiger partial charge in [-0.05, 0) is 6.07 Å². The molecule has 0 aromatic carbocycles. The molecule has 16 heavy (non-hydrogen) atoms. The first-order chi connectivity index (χ1) is 7.59. The van der Waals surface area contributed by atoms with Crippen molar-refractivity contribution in [1.29, 1.82) is 0 Å². The molecule has 0 saturated heterocycles. The van der Waals surface area contributed by atoms with E-state index in [2.05, 4.69) is 16.8 Å². The van der Waals surface area contributed by atoms with Crippen LogP contribution < -0.4 is 0 Å².